The third-order valence-corrected chi connectivity index (χ3v) is 2.85. The first-order valence-corrected chi connectivity index (χ1v) is 5.61. The van der Waals surface area contributed by atoms with Crippen molar-refractivity contribution in [2.24, 2.45) is 10.7 Å². The maximum atomic E-state index is 5.80. The van der Waals surface area contributed by atoms with Crippen molar-refractivity contribution >= 4 is 41.7 Å². The Morgan fingerprint density at radius 1 is 1.50 bits per heavy atom. The lowest BCUT2D eigenvalue weighted by Crippen LogP contribution is -2.42. The second-order valence-corrected chi connectivity index (χ2v) is 4.06. The van der Waals surface area contributed by atoms with Gasteiger partial charge >= 0.3 is 0 Å². The number of guanidine groups is 1. The molecule has 0 saturated carbocycles. The number of hydrogen-bond donors (Lipinski definition) is 1. The van der Waals surface area contributed by atoms with Crippen LogP contribution in [0.25, 0.3) is 0 Å². The van der Waals surface area contributed by atoms with Gasteiger partial charge in [0.15, 0.2) is 5.96 Å². The molecule has 2 N–H and O–H groups in total. The highest BCUT2D eigenvalue weighted by Crippen LogP contribution is 2.08. The average molecular weight is 331 g/mol. The molecule has 0 aromatic carbocycles. The molecule has 14 heavy (non-hydrogen) atoms. The van der Waals surface area contributed by atoms with Gasteiger partial charge in [0.25, 0.3) is 0 Å². The van der Waals surface area contributed by atoms with Crippen LogP contribution in [0, 0.1) is 0 Å². The fourth-order valence-electron chi connectivity index (χ4n) is 1.14. The molecule has 0 aliphatic carbocycles. The Kier molecular flexibility index (Phi) is 8.80. The maximum Gasteiger partial charge on any atom is 0.191 e. The zero-order valence-electron chi connectivity index (χ0n) is 8.44. The van der Waals surface area contributed by atoms with Gasteiger partial charge < -0.3 is 15.4 Å². The van der Waals surface area contributed by atoms with Gasteiger partial charge in [0, 0.05) is 31.7 Å². The van der Waals surface area contributed by atoms with Gasteiger partial charge in [-0.05, 0) is 0 Å². The van der Waals surface area contributed by atoms with Crippen molar-refractivity contribution in [3.05, 3.63) is 0 Å². The van der Waals surface area contributed by atoms with Crippen molar-refractivity contribution in [2.75, 3.05) is 44.9 Å². The van der Waals surface area contributed by atoms with Crippen molar-refractivity contribution in [1.29, 1.82) is 0 Å². The molecular weight excluding hydrogens is 313 g/mol. The van der Waals surface area contributed by atoms with Crippen LogP contribution in [-0.2, 0) is 4.74 Å². The Morgan fingerprint density at radius 3 is 2.71 bits per heavy atom. The van der Waals surface area contributed by atoms with E-state index < -0.39 is 0 Å². The number of nitrogens with two attached hydrogens (primary N) is 1. The smallest absolute Gasteiger partial charge is 0.191 e. The highest BCUT2D eigenvalue weighted by atomic mass is 127. The van der Waals surface area contributed by atoms with Crippen molar-refractivity contribution in [2.45, 2.75) is 0 Å². The number of aliphatic imine (C=N–C) groups is 1. The largest absolute Gasteiger partial charge is 0.383 e. The second-order valence-electron chi connectivity index (χ2n) is 2.83. The van der Waals surface area contributed by atoms with Crippen LogP contribution >= 0.6 is 35.7 Å². The maximum absolute atomic E-state index is 5.80. The summed E-state index contributed by atoms with van der Waals surface area (Å²) in [6.07, 6.45) is 0. The first-order valence-electron chi connectivity index (χ1n) is 4.46. The summed E-state index contributed by atoms with van der Waals surface area (Å²) in [5, 5.41) is 0. The molecule has 1 aliphatic heterocycles. The summed E-state index contributed by atoms with van der Waals surface area (Å²) >= 11 is 1.97. The number of rotatable bonds is 3. The van der Waals surface area contributed by atoms with Crippen LogP contribution < -0.4 is 5.73 Å². The molecule has 0 aromatic heterocycles. The van der Waals surface area contributed by atoms with Gasteiger partial charge in [0.05, 0.1) is 13.2 Å². The van der Waals surface area contributed by atoms with Crippen LogP contribution in [0.3, 0.4) is 0 Å². The first-order chi connectivity index (χ1) is 6.34. The number of halogens is 1. The number of thioether (sulfide) groups is 1. The second kappa shape index (κ2) is 8.60. The van der Waals surface area contributed by atoms with Gasteiger partial charge in [-0.1, -0.05) is 0 Å². The molecule has 0 aromatic rings. The van der Waals surface area contributed by atoms with E-state index in [0.29, 0.717) is 19.1 Å². The molecule has 4 nitrogen and oxygen atoms in total. The zero-order chi connectivity index (χ0) is 9.52. The summed E-state index contributed by atoms with van der Waals surface area (Å²) in [6.45, 7) is 3.34. The molecule has 84 valence electrons. The molecule has 1 rings (SSSR count). The van der Waals surface area contributed by atoms with Crippen molar-refractivity contribution in [1.82, 2.24) is 4.90 Å². The Morgan fingerprint density at radius 2 is 2.14 bits per heavy atom. The summed E-state index contributed by atoms with van der Waals surface area (Å²) < 4.78 is 4.89. The molecule has 1 fully saturated rings. The summed E-state index contributed by atoms with van der Waals surface area (Å²) in [4.78, 5) is 6.35. The topological polar surface area (TPSA) is 50.9 Å². The van der Waals surface area contributed by atoms with Crippen molar-refractivity contribution in [3.8, 4) is 0 Å². The quantitative estimate of drug-likeness (QED) is 0.356. The predicted molar refractivity (Wildman–Crippen MR) is 72.7 cm³/mol. The molecule has 0 atom stereocenters. The first kappa shape index (κ1) is 14.3. The van der Waals surface area contributed by atoms with Gasteiger partial charge in [-0.25, -0.2) is 0 Å². The van der Waals surface area contributed by atoms with E-state index in [9.17, 15) is 0 Å². The normalized spacial score (nSPS) is 17.8. The lowest BCUT2D eigenvalue weighted by Gasteiger charge is -2.27. The molecule has 0 bridgehead atoms. The molecule has 1 saturated heterocycles. The molecule has 1 heterocycles. The van der Waals surface area contributed by atoms with E-state index in [4.69, 9.17) is 10.5 Å². The van der Waals surface area contributed by atoms with Gasteiger partial charge in [-0.3, -0.25) is 4.99 Å². The van der Waals surface area contributed by atoms with E-state index in [1.807, 2.05) is 11.8 Å². The van der Waals surface area contributed by atoms with Crippen molar-refractivity contribution < 1.29 is 4.74 Å². The molecule has 0 unspecified atom stereocenters. The summed E-state index contributed by atoms with van der Waals surface area (Å²) in [7, 11) is 1.67. The highest BCUT2D eigenvalue weighted by molar-refractivity contribution is 14.0. The number of hydrogen-bond acceptors (Lipinski definition) is 3. The molecule has 0 radical (unpaired) electrons. The summed E-state index contributed by atoms with van der Waals surface area (Å²) in [6, 6.07) is 0. The lowest BCUT2D eigenvalue weighted by atomic mass is 10.5. The monoisotopic (exact) mass is 331 g/mol. The van der Waals surface area contributed by atoms with Crippen LogP contribution in [0.2, 0.25) is 0 Å². The summed E-state index contributed by atoms with van der Waals surface area (Å²) in [5.74, 6) is 2.97. The number of ether oxygens (including phenoxy) is 1. The van der Waals surface area contributed by atoms with Gasteiger partial charge in [0.1, 0.15) is 0 Å². The SMILES string of the molecule is COCCN=C(N)N1CCSCC1.I. The third-order valence-electron chi connectivity index (χ3n) is 1.90. The van der Waals surface area contributed by atoms with E-state index in [2.05, 4.69) is 9.89 Å². The van der Waals surface area contributed by atoms with Crippen LogP contribution in [-0.4, -0.2) is 55.7 Å². The predicted octanol–water partition coefficient (Wildman–Crippen LogP) is 0.614. The van der Waals surface area contributed by atoms with E-state index >= 15 is 0 Å². The minimum atomic E-state index is 0. The van der Waals surface area contributed by atoms with Crippen LogP contribution in [0.1, 0.15) is 0 Å². The Balaban J connectivity index is 0.00000169. The molecular formula is C8H18IN3OS. The minimum absolute atomic E-state index is 0. The fourth-order valence-corrected chi connectivity index (χ4v) is 2.05. The summed E-state index contributed by atoms with van der Waals surface area (Å²) in [5.41, 5.74) is 5.80. The van der Waals surface area contributed by atoms with E-state index in [-0.39, 0.29) is 24.0 Å². The van der Waals surface area contributed by atoms with E-state index in [1.165, 1.54) is 0 Å². The van der Waals surface area contributed by atoms with Gasteiger partial charge in [0.2, 0.25) is 0 Å². The fraction of sp³-hybridized carbons (Fsp3) is 0.875. The number of nitrogens with zero attached hydrogens (tertiary/aromatic N) is 2. The number of methoxy groups -OCH3 is 1. The van der Waals surface area contributed by atoms with E-state index in [0.717, 1.165) is 24.6 Å². The molecule has 0 amide bonds. The molecule has 0 spiro atoms. The lowest BCUT2D eigenvalue weighted by molar-refractivity contribution is 0.207. The zero-order valence-corrected chi connectivity index (χ0v) is 11.6. The Bertz CT molecular complexity index is 174. The van der Waals surface area contributed by atoms with Crippen LogP contribution in [0.5, 0.6) is 0 Å². The van der Waals surface area contributed by atoms with Crippen LogP contribution in [0.4, 0.5) is 0 Å². The average Bonchev–Trinajstić information content (AvgIpc) is 2.19. The van der Waals surface area contributed by atoms with Crippen LogP contribution in [0.15, 0.2) is 4.99 Å². The third kappa shape index (κ3) is 5.26. The highest BCUT2D eigenvalue weighted by Gasteiger charge is 2.11. The Hall–Kier alpha value is 0.310. The minimum Gasteiger partial charge on any atom is -0.383 e. The van der Waals surface area contributed by atoms with E-state index in [1.54, 1.807) is 7.11 Å². The van der Waals surface area contributed by atoms with Gasteiger partial charge in [-0.15, -0.1) is 24.0 Å². The van der Waals surface area contributed by atoms with Crippen molar-refractivity contribution in [3.63, 3.8) is 0 Å². The van der Waals surface area contributed by atoms with Gasteiger partial charge in [-0.2, -0.15) is 11.8 Å². The molecule has 6 heteroatoms. The Labute approximate surface area is 107 Å². The standard InChI is InChI=1S/C8H17N3OS.HI/c1-12-5-2-10-8(9)11-3-6-13-7-4-11;/h2-7H2,1H3,(H2,9,10);1H. The molecule has 1 aliphatic rings.